The number of ketones is 1. The highest BCUT2D eigenvalue weighted by molar-refractivity contribution is 7.12. The molecule has 0 saturated heterocycles. The Morgan fingerprint density at radius 2 is 1.94 bits per heavy atom. The van der Waals surface area contributed by atoms with Gasteiger partial charge in [-0.2, -0.15) is 10.5 Å². The molecule has 94 valence electrons. The van der Waals surface area contributed by atoms with Crippen molar-refractivity contribution in [1.29, 1.82) is 10.5 Å². The smallest absolute Gasteiger partial charge is 0.178 e. The summed E-state index contributed by atoms with van der Waals surface area (Å²) in [4.78, 5) is 13.3. The van der Waals surface area contributed by atoms with Crippen LogP contribution in [-0.4, -0.2) is 5.78 Å². The number of hydrogen-bond donors (Lipinski definition) is 0. The molecular formula is C14H16N2OS. The van der Waals surface area contributed by atoms with Crippen molar-refractivity contribution >= 4 is 17.1 Å². The highest BCUT2D eigenvalue weighted by Crippen LogP contribution is 2.38. The van der Waals surface area contributed by atoms with Crippen LogP contribution in [0.15, 0.2) is 17.5 Å². The largest absolute Gasteiger partial charge is 0.293 e. The molecule has 0 saturated carbocycles. The van der Waals surface area contributed by atoms with E-state index in [4.69, 9.17) is 10.5 Å². The molecule has 1 heterocycles. The van der Waals surface area contributed by atoms with Gasteiger partial charge in [0.1, 0.15) is 0 Å². The molecule has 0 N–H and O–H groups in total. The first-order chi connectivity index (χ1) is 8.70. The zero-order chi connectivity index (χ0) is 13.4. The molecule has 0 aliphatic rings. The van der Waals surface area contributed by atoms with E-state index in [0.29, 0.717) is 32.1 Å². The summed E-state index contributed by atoms with van der Waals surface area (Å²) in [7, 11) is 0. The average molecular weight is 260 g/mol. The lowest BCUT2D eigenvalue weighted by molar-refractivity contribution is 0.0757. The van der Waals surface area contributed by atoms with E-state index < -0.39 is 5.41 Å². The lowest BCUT2D eigenvalue weighted by atomic mass is 9.73. The number of nitriles is 2. The van der Waals surface area contributed by atoms with Gasteiger partial charge in [0.25, 0.3) is 0 Å². The van der Waals surface area contributed by atoms with Crippen LogP contribution in [0.25, 0.3) is 0 Å². The second-order valence-corrected chi connectivity index (χ2v) is 5.20. The monoisotopic (exact) mass is 260 g/mol. The number of nitrogens with zero attached hydrogens (tertiary/aromatic N) is 2. The predicted octanol–water partition coefficient (Wildman–Crippen LogP) is 3.93. The van der Waals surface area contributed by atoms with Gasteiger partial charge >= 0.3 is 0 Å². The fourth-order valence-corrected chi connectivity index (χ4v) is 2.91. The SMILES string of the molecule is CCC(CCC#N)(CCC#N)C(=O)c1cccs1. The molecule has 4 heteroatoms. The van der Waals surface area contributed by atoms with E-state index in [0.717, 1.165) is 4.88 Å². The number of hydrogen-bond acceptors (Lipinski definition) is 4. The maximum atomic E-state index is 12.6. The Balaban J connectivity index is 2.98. The van der Waals surface area contributed by atoms with Crippen molar-refractivity contribution in [2.75, 3.05) is 0 Å². The molecule has 0 fully saturated rings. The summed E-state index contributed by atoms with van der Waals surface area (Å²) in [5.41, 5.74) is -0.545. The molecule has 1 aromatic heterocycles. The second kappa shape index (κ2) is 6.93. The Morgan fingerprint density at radius 1 is 1.33 bits per heavy atom. The summed E-state index contributed by atoms with van der Waals surface area (Å²) in [6, 6.07) is 7.87. The highest BCUT2D eigenvalue weighted by Gasteiger charge is 2.36. The number of Topliss-reactive ketones (excluding diaryl/α,β-unsaturated/α-hetero) is 1. The maximum Gasteiger partial charge on any atom is 0.178 e. The van der Waals surface area contributed by atoms with Crippen LogP contribution in [-0.2, 0) is 0 Å². The number of rotatable bonds is 7. The van der Waals surface area contributed by atoms with Crippen molar-refractivity contribution < 1.29 is 4.79 Å². The predicted molar refractivity (Wildman–Crippen MR) is 71.1 cm³/mol. The van der Waals surface area contributed by atoms with Gasteiger partial charge in [0.15, 0.2) is 5.78 Å². The fourth-order valence-electron chi connectivity index (χ4n) is 2.13. The normalized spacial score (nSPS) is 10.6. The van der Waals surface area contributed by atoms with Gasteiger partial charge in [-0.3, -0.25) is 4.79 Å². The van der Waals surface area contributed by atoms with Crippen LogP contribution in [0.3, 0.4) is 0 Å². The third-order valence-corrected chi connectivity index (χ3v) is 4.20. The summed E-state index contributed by atoms with van der Waals surface area (Å²) in [5, 5.41) is 19.4. The molecular weight excluding hydrogens is 244 g/mol. The number of carbonyl (C=O) groups excluding carboxylic acids is 1. The van der Waals surface area contributed by atoms with Gasteiger partial charge in [0.2, 0.25) is 0 Å². The minimum absolute atomic E-state index is 0.0884. The molecule has 18 heavy (non-hydrogen) atoms. The molecule has 0 unspecified atom stereocenters. The summed E-state index contributed by atoms with van der Waals surface area (Å²) >= 11 is 1.42. The van der Waals surface area contributed by atoms with Crippen molar-refractivity contribution in [3.05, 3.63) is 22.4 Å². The van der Waals surface area contributed by atoms with Crippen LogP contribution in [0.1, 0.15) is 48.7 Å². The quantitative estimate of drug-likeness (QED) is 0.697. The minimum Gasteiger partial charge on any atom is -0.293 e. The third kappa shape index (κ3) is 3.18. The van der Waals surface area contributed by atoms with Crippen molar-refractivity contribution in [2.24, 2.45) is 5.41 Å². The van der Waals surface area contributed by atoms with Gasteiger partial charge in [0.05, 0.1) is 17.0 Å². The standard InChI is InChI=1S/C14H16N2OS/c1-2-14(7-4-9-15,8-5-10-16)13(17)12-6-3-11-18-12/h3,6,11H,2,4-5,7-8H2,1H3. The van der Waals surface area contributed by atoms with Crippen molar-refractivity contribution in [3.63, 3.8) is 0 Å². The van der Waals surface area contributed by atoms with E-state index in [2.05, 4.69) is 12.1 Å². The summed E-state index contributed by atoms with van der Waals surface area (Å²) in [5.74, 6) is 0.0884. The van der Waals surface area contributed by atoms with Gasteiger partial charge < -0.3 is 0 Å². The van der Waals surface area contributed by atoms with Crippen molar-refractivity contribution in [3.8, 4) is 12.1 Å². The second-order valence-electron chi connectivity index (χ2n) is 4.26. The van der Waals surface area contributed by atoms with Gasteiger partial charge in [-0.25, -0.2) is 0 Å². The molecule has 1 aromatic rings. The van der Waals surface area contributed by atoms with E-state index in [9.17, 15) is 4.79 Å². The van der Waals surface area contributed by atoms with Gasteiger partial charge in [-0.05, 0) is 30.7 Å². The Bertz CT molecular complexity index is 447. The molecule has 0 bridgehead atoms. The Labute approximate surface area is 112 Å². The topological polar surface area (TPSA) is 64.7 Å². The molecule has 0 amide bonds. The molecule has 1 rings (SSSR count). The van der Waals surface area contributed by atoms with E-state index in [1.807, 2.05) is 24.4 Å². The van der Waals surface area contributed by atoms with Gasteiger partial charge in [0, 0.05) is 18.3 Å². The van der Waals surface area contributed by atoms with E-state index in [1.165, 1.54) is 11.3 Å². The summed E-state index contributed by atoms with van der Waals surface area (Å²) in [6.45, 7) is 1.96. The first kappa shape index (κ1) is 14.4. The summed E-state index contributed by atoms with van der Waals surface area (Å²) in [6.07, 6.45) is 2.47. The molecule has 0 aliphatic heterocycles. The van der Waals surface area contributed by atoms with Crippen molar-refractivity contribution in [2.45, 2.75) is 39.0 Å². The van der Waals surface area contributed by atoms with Crippen LogP contribution in [0, 0.1) is 28.1 Å². The zero-order valence-corrected chi connectivity index (χ0v) is 11.3. The minimum atomic E-state index is -0.545. The Morgan fingerprint density at radius 3 is 2.33 bits per heavy atom. The molecule has 0 atom stereocenters. The average Bonchev–Trinajstić information content (AvgIpc) is 2.93. The maximum absolute atomic E-state index is 12.6. The molecule has 0 aromatic carbocycles. The summed E-state index contributed by atoms with van der Waals surface area (Å²) < 4.78 is 0. The highest BCUT2D eigenvalue weighted by atomic mass is 32.1. The zero-order valence-electron chi connectivity index (χ0n) is 10.5. The van der Waals surface area contributed by atoms with E-state index in [-0.39, 0.29) is 5.78 Å². The number of carbonyl (C=O) groups is 1. The first-order valence-corrected chi connectivity index (χ1v) is 6.90. The molecule has 0 aliphatic carbocycles. The van der Waals surface area contributed by atoms with Crippen LogP contribution in [0.5, 0.6) is 0 Å². The van der Waals surface area contributed by atoms with Crippen LogP contribution < -0.4 is 0 Å². The molecule has 3 nitrogen and oxygen atoms in total. The van der Waals surface area contributed by atoms with Crippen LogP contribution in [0.2, 0.25) is 0 Å². The fraction of sp³-hybridized carbons (Fsp3) is 0.500. The van der Waals surface area contributed by atoms with Crippen molar-refractivity contribution in [1.82, 2.24) is 0 Å². The Hall–Kier alpha value is -1.65. The van der Waals surface area contributed by atoms with E-state index in [1.54, 1.807) is 0 Å². The van der Waals surface area contributed by atoms with E-state index >= 15 is 0 Å². The third-order valence-electron chi connectivity index (χ3n) is 3.33. The lowest BCUT2D eigenvalue weighted by Crippen LogP contribution is -2.30. The Kier molecular flexibility index (Phi) is 5.55. The van der Waals surface area contributed by atoms with Gasteiger partial charge in [-0.1, -0.05) is 13.0 Å². The number of thiophene rings is 1. The van der Waals surface area contributed by atoms with Crippen LogP contribution >= 0.6 is 11.3 Å². The first-order valence-electron chi connectivity index (χ1n) is 6.02. The van der Waals surface area contributed by atoms with Gasteiger partial charge in [-0.15, -0.1) is 11.3 Å². The van der Waals surface area contributed by atoms with Crippen LogP contribution in [0.4, 0.5) is 0 Å². The molecule has 0 radical (unpaired) electrons. The lowest BCUT2D eigenvalue weighted by Gasteiger charge is -2.29. The molecule has 0 spiro atoms.